The van der Waals surface area contributed by atoms with Crippen LogP contribution in [0.1, 0.15) is 32.3 Å². The van der Waals surface area contributed by atoms with Crippen molar-refractivity contribution in [1.29, 1.82) is 0 Å². The third-order valence-corrected chi connectivity index (χ3v) is 7.91. The highest BCUT2D eigenvalue weighted by Crippen LogP contribution is 2.26. The van der Waals surface area contributed by atoms with Crippen LogP contribution >= 0.6 is 0 Å². The molecule has 0 spiro atoms. The quantitative estimate of drug-likeness (QED) is 0.520. The van der Waals surface area contributed by atoms with Gasteiger partial charge in [-0.2, -0.15) is 4.72 Å². The van der Waals surface area contributed by atoms with Crippen molar-refractivity contribution in [2.24, 2.45) is 5.92 Å². The highest BCUT2D eigenvalue weighted by Gasteiger charge is 2.31. The first-order chi connectivity index (χ1) is 16.3. The summed E-state index contributed by atoms with van der Waals surface area (Å²) in [5.41, 5.74) is 2.22. The van der Waals surface area contributed by atoms with E-state index in [0.29, 0.717) is 6.54 Å². The number of fused-ring (bicyclic) bond motifs is 1. The maximum atomic E-state index is 13.4. The average molecular weight is 480 g/mol. The van der Waals surface area contributed by atoms with Gasteiger partial charge in [0.15, 0.2) is 0 Å². The van der Waals surface area contributed by atoms with Gasteiger partial charge in [-0.25, -0.2) is 8.42 Å². The number of anilines is 1. The van der Waals surface area contributed by atoms with Crippen LogP contribution in [0.2, 0.25) is 0 Å². The Morgan fingerprint density at radius 2 is 1.62 bits per heavy atom. The van der Waals surface area contributed by atoms with Crippen LogP contribution in [0.5, 0.6) is 0 Å². The van der Waals surface area contributed by atoms with Crippen LogP contribution in [0.3, 0.4) is 0 Å². The molecule has 6 nitrogen and oxygen atoms in total. The molecule has 4 rings (SSSR count). The van der Waals surface area contributed by atoms with Crippen molar-refractivity contribution in [3.05, 3.63) is 72.3 Å². The zero-order valence-electron chi connectivity index (χ0n) is 20.1. The molecule has 1 unspecified atom stereocenters. The lowest BCUT2D eigenvalue weighted by molar-refractivity contribution is -0.133. The predicted octanol–water partition coefficient (Wildman–Crippen LogP) is 4.40. The van der Waals surface area contributed by atoms with E-state index in [4.69, 9.17) is 0 Å². The fraction of sp³-hybridized carbons (Fsp3) is 0.370. The Balaban J connectivity index is 1.53. The molecule has 1 heterocycles. The maximum Gasteiger partial charge on any atom is 0.241 e. The van der Waals surface area contributed by atoms with Crippen molar-refractivity contribution in [2.75, 3.05) is 25.0 Å². The minimum atomic E-state index is -3.87. The number of likely N-dealkylation sites (N-methyl/N-ethyl adjacent to an activating group) is 1. The molecule has 3 aromatic rings. The molecule has 0 saturated carbocycles. The number of carbonyl (C=O) groups excluding carboxylic acids is 1. The number of para-hydroxylation sites is 1. The van der Waals surface area contributed by atoms with E-state index >= 15 is 0 Å². The molecule has 1 atom stereocenters. The molecule has 1 amide bonds. The normalized spacial score (nSPS) is 15.1. The van der Waals surface area contributed by atoms with Crippen LogP contribution in [-0.4, -0.2) is 45.4 Å². The van der Waals surface area contributed by atoms with Gasteiger partial charge in [0.2, 0.25) is 15.9 Å². The summed E-state index contributed by atoms with van der Waals surface area (Å²) in [5.74, 6) is -0.449. The molecule has 1 aliphatic rings. The third kappa shape index (κ3) is 5.26. The molecule has 1 fully saturated rings. The fourth-order valence-corrected chi connectivity index (χ4v) is 5.90. The van der Waals surface area contributed by atoms with Gasteiger partial charge in [-0.15, -0.1) is 0 Å². The van der Waals surface area contributed by atoms with E-state index in [1.165, 1.54) is 12.8 Å². The van der Waals surface area contributed by atoms with Crippen LogP contribution in [0.15, 0.2) is 71.6 Å². The van der Waals surface area contributed by atoms with Crippen molar-refractivity contribution in [1.82, 2.24) is 9.62 Å². The van der Waals surface area contributed by atoms with E-state index in [0.717, 1.165) is 35.1 Å². The molecule has 0 aliphatic carbocycles. The summed E-state index contributed by atoms with van der Waals surface area (Å²) in [6.07, 6.45) is 2.35. The molecule has 0 aromatic heterocycles. The molecule has 7 heteroatoms. The van der Waals surface area contributed by atoms with E-state index in [1.54, 1.807) is 30.1 Å². The smallest absolute Gasteiger partial charge is 0.241 e. The average Bonchev–Trinajstić information content (AvgIpc) is 3.37. The molecule has 0 radical (unpaired) electrons. The summed E-state index contributed by atoms with van der Waals surface area (Å²) >= 11 is 0. The van der Waals surface area contributed by atoms with E-state index < -0.39 is 16.1 Å². The third-order valence-electron chi connectivity index (χ3n) is 6.47. The van der Waals surface area contributed by atoms with Crippen LogP contribution in [-0.2, 0) is 21.4 Å². The SMILES string of the molecule is CC(C)C(NS(=O)(=O)c1ccc2ccccc2c1)C(=O)N(C)Cc1ccccc1N1CCCC1. The van der Waals surface area contributed by atoms with Gasteiger partial charge < -0.3 is 9.80 Å². The summed E-state index contributed by atoms with van der Waals surface area (Å²) in [6.45, 7) is 6.19. The minimum Gasteiger partial charge on any atom is -0.371 e. The highest BCUT2D eigenvalue weighted by atomic mass is 32.2. The van der Waals surface area contributed by atoms with Crippen LogP contribution in [0.4, 0.5) is 5.69 Å². The van der Waals surface area contributed by atoms with Gasteiger partial charge >= 0.3 is 0 Å². The fourth-order valence-electron chi connectivity index (χ4n) is 4.52. The zero-order valence-corrected chi connectivity index (χ0v) is 20.9. The number of carbonyl (C=O) groups is 1. The van der Waals surface area contributed by atoms with Crippen molar-refractivity contribution in [3.8, 4) is 0 Å². The Morgan fingerprint density at radius 3 is 2.32 bits per heavy atom. The number of sulfonamides is 1. The Labute approximate surface area is 202 Å². The van der Waals surface area contributed by atoms with E-state index in [-0.39, 0.29) is 16.7 Å². The molecule has 1 saturated heterocycles. The Bertz CT molecular complexity index is 1270. The van der Waals surface area contributed by atoms with Crippen LogP contribution in [0, 0.1) is 5.92 Å². The standard InChI is InChI=1S/C27H33N3O3S/c1-20(2)26(28-34(32,33)24-15-14-21-10-4-5-11-22(21)18-24)27(31)29(3)19-23-12-6-7-13-25(23)30-16-8-9-17-30/h4-7,10-15,18,20,26,28H,8-9,16-17,19H2,1-3H3. The molecular formula is C27H33N3O3S. The van der Waals surface area contributed by atoms with Crippen molar-refractivity contribution in [2.45, 2.75) is 44.2 Å². The number of hydrogen-bond acceptors (Lipinski definition) is 4. The first-order valence-electron chi connectivity index (χ1n) is 11.9. The van der Waals surface area contributed by atoms with Gasteiger partial charge in [0.05, 0.1) is 4.90 Å². The van der Waals surface area contributed by atoms with Gasteiger partial charge in [0.1, 0.15) is 6.04 Å². The van der Waals surface area contributed by atoms with Crippen molar-refractivity contribution >= 4 is 32.4 Å². The number of hydrogen-bond donors (Lipinski definition) is 1. The van der Waals surface area contributed by atoms with E-state index in [9.17, 15) is 13.2 Å². The van der Waals surface area contributed by atoms with Gasteiger partial charge in [-0.3, -0.25) is 4.79 Å². The number of benzene rings is 3. The molecule has 1 aliphatic heterocycles. The molecule has 3 aromatic carbocycles. The van der Waals surface area contributed by atoms with E-state index in [2.05, 4.69) is 15.7 Å². The largest absolute Gasteiger partial charge is 0.371 e. The van der Waals surface area contributed by atoms with Crippen LogP contribution in [0.25, 0.3) is 10.8 Å². The highest BCUT2D eigenvalue weighted by molar-refractivity contribution is 7.89. The zero-order chi connectivity index (χ0) is 24.3. The number of rotatable bonds is 8. The van der Waals surface area contributed by atoms with Gasteiger partial charge in [-0.1, -0.05) is 62.4 Å². The lowest BCUT2D eigenvalue weighted by Gasteiger charge is -2.29. The van der Waals surface area contributed by atoms with Crippen LogP contribution < -0.4 is 9.62 Å². The first-order valence-corrected chi connectivity index (χ1v) is 13.3. The monoisotopic (exact) mass is 479 g/mol. The molecule has 34 heavy (non-hydrogen) atoms. The molecule has 180 valence electrons. The summed E-state index contributed by atoms with van der Waals surface area (Å²) in [5, 5.41) is 1.81. The summed E-state index contributed by atoms with van der Waals surface area (Å²) in [6, 6.07) is 19.9. The second-order valence-electron chi connectivity index (χ2n) is 9.37. The maximum absolute atomic E-state index is 13.4. The number of amides is 1. The number of nitrogens with zero attached hydrogens (tertiary/aromatic N) is 2. The predicted molar refractivity (Wildman–Crippen MR) is 137 cm³/mol. The van der Waals surface area contributed by atoms with Crippen molar-refractivity contribution in [3.63, 3.8) is 0 Å². The lowest BCUT2D eigenvalue weighted by Crippen LogP contribution is -2.49. The molecular weight excluding hydrogens is 446 g/mol. The molecule has 1 N–H and O–H groups in total. The lowest BCUT2D eigenvalue weighted by atomic mass is 10.0. The summed E-state index contributed by atoms with van der Waals surface area (Å²) in [7, 11) is -2.14. The van der Waals surface area contributed by atoms with Gasteiger partial charge in [0, 0.05) is 32.4 Å². The topological polar surface area (TPSA) is 69.7 Å². The summed E-state index contributed by atoms with van der Waals surface area (Å²) in [4.78, 5) is 17.6. The summed E-state index contributed by atoms with van der Waals surface area (Å²) < 4.78 is 29.1. The van der Waals surface area contributed by atoms with Gasteiger partial charge in [-0.05, 0) is 53.3 Å². The minimum absolute atomic E-state index is 0.159. The molecule has 0 bridgehead atoms. The second-order valence-corrected chi connectivity index (χ2v) is 11.1. The number of nitrogens with one attached hydrogen (secondary N) is 1. The second kappa shape index (κ2) is 10.2. The van der Waals surface area contributed by atoms with Crippen molar-refractivity contribution < 1.29 is 13.2 Å². The Kier molecular flexibility index (Phi) is 7.24. The Morgan fingerprint density at radius 1 is 0.971 bits per heavy atom. The van der Waals surface area contributed by atoms with E-state index in [1.807, 2.05) is 56.3 Å². The first kappa shape index (κ1) is 24.2. The Hall–Kier alpha value is -2.90. The van der Waals surface area contributed by atoms with Gasteiger partial charge in [0.25, 0.3) is 0 Å².